The second-order valence-electron chi connectivity index (χ2n) is 6.28. The van der Waals surface area contributed by atoms with Crippen LogP contribution in [0.3, 0.4) is 0 Å². The summed E-state index contributed by atoms with van der Waals surface area (Å²) in [6.45, 7) is 0.0455. The lowest BCUT2D eigenvalue weighted by Gasteiger charge is -2.28. The fourth-order valence-electron chi connectivity index (χ4n) is 3.29. The van der Waals surface area contributed by atoms with E-state index in [9.17, 15) is 14.0 Å². The highest BCUT2D eigenvalue weighted by Crippen LogP contribution is 2.24. The zero-order chi connectivity index (χ0) is 18.0. The van der Waals surface area contributed by atoms with E-state index in [1.165, 1.54) is 10.6 Å². The van der Waals surface area contributed by atoms with Crippen molar-refractivity contribution in [2.75, 3.05) is 0 Å². The topological polar surface area (TPSA) is 93.5 Å². The van der Waals surface area contributed by atoms with Gasteiger partial charge < -0.3 is 19.7 Å². The largest absolute Gasteiger partial charge is 0.465 e. The van der Waals surface area contributed by atoms with E-state index in [0.717, 1.165) is 6.20 Å². The molecule has 2 heterocycles. The number of nitrogens with one attached hydrogen (secondary N) is 1. The third-order valence-corrected chi connectivity index (χ3v) is 4.65. The number of amides is 1. The normalized spacial score (nSPS) is 20.6. The van der Waals surface area contributed by atoms with Gasteiger partial charge in [0.2, 0.25) is 0 Å². The third-order valence-electron chi connectivity index (χ3n) is 4.65. The summed E-state index contributed by atoms with van der Waals surface area (Å²) < 4.78 is 21.5. The Morgan fingerprint density at radius 1 is 1.40 bits per heavy atom. The minimum Gasteiger partial charge on any atom is -0.465 e. The molecule has 2 aromatic heterocycles. The number of hydrogen-bond donors (Lipinski definition) is 2. The van der Waals surface area contributed by atoms with Gasteiger partial charge in [-0.3, -0.25) is 9.78 Å². The Labute approximate surface area is 143 Å². The van der Waals surface area contributed by atoms with Crippen LogP contribution in [0.4, 0.5) is 9.18 Å². The summed E-state index contributed by atoms with van der Waals surface area (Å²) in [5, 5.41) is 11.2. The van der Waals surface area contributed by atoms with E-state index in [1.807, 2.05) is 0 Å². The average molecular weight is 349 g/mol. The molecular formula is C17H20FN3O4. The molecule has 1 fully saturated rings. The van der Waals surface area contributed by atoms with Crippen molar-refractivity contribution < 1.29 is 19.0 Å². The molecule has 134 valence electrons. The van der Waals surface area contributed by atoms with Gasteiger partial charge in [0.15, 0.2) is 0 Å². The number of fused-ring (bicyclic) bond motifs is 1. The zero-order valence-corrected chi connectivity index (χ0v) is 13.9. The number of carbonyl (C=O) groups is 1. The molecule has 2 aromatic rings. The van der Waals surface area contributed by atoms with Crippen LogP contribution in [-0.4, -0.2) is 32.9 Å². The minimum atomic E-state index is -1.02. The van der Waals surface area contributed by atoms with Gasteiger partial charge >= 0.3 is 6.09 Å². The van der Waals surface area contributed by atoms with Crippen LogP contribution in [0.15, 0.2) is 23.1 Å². The van der Waals surface area contributed by atoms with Gasteiger partial charge in [0.05, 0.1) is 29.9 Å². The molecule has 0 bridgehead atoms. The van der Waals surface area contributed by atoms with Crippen molar-refractivity contribution >= 4 is 17.1 Å². The highest BCUT2D eigenvalue weighted by molar-refractivity contribution is 5.78. The fourth-order valence-corrected chi connectivity index (χ4v) is 3.29. The maximum atomic E-state index is 14.3. The van der Waals surface area contributed by atoms with Gasteiger partial charge in [-0.05, 0) is 31.7 Å². The molecule has 0 atom stereocenters. The minimum absolute atomic E-state index is 0.0455. The van der Waals surface area contributed by atoms with Crippen LogP contribution >= 0.6 is 0 Å². The summed E-state index contributed by atoms with van der Waals surface area (Å²) in [6, 6.07) is 2.91. The number of pyridine rings is 2. The number of halogens is 1. The Kier molecular flexibility index (Phi) is 4.98. The summed E-state index contributed by atoms with van der Waals surface area (Å²) in [7, 11) is 1.58. The first-order valence-corrected chi connectivity index (χ1v) is 8.20. The van der Waals surface area contributed by atoms with Gasteiger partial charge in [-0.2, -0.15) is 0 Å². The predicted molar refractivity (Wildman–Crippen MR) is 88.9 cm³/mol. The van der Waals surface area contributed by atoms with Crippen molar-refractivity contribution in [2.45, 2.75) is 44.4 Å². The van der Waals surface area contributed by atoms with Crippen molar-refractivity contribution in [1.82, 2.24) is 14.9 Å². The maximum absolute atomic E-state index is 14.3. The van der Waals surface area contributed by atoms with Gasteiger partial charge in [-0.1, -0.05) is 0 Å². The van der Waals surface area contributed by atoms with E-state index in [1.54, 1.807) is 13.1 Å². The Hall–Kier alpha value is -2.48. The molecule has 8 heteroatoms. The molecule has 0 radical (unpaired) electrons. The number of hydrogen-bond acceptors (Lipinski definition) is 4. The van der Waals surface area contributed by atoms with Gasteiger partial charge in [0.1, 0.15) is 5.82 Å². The van der Waals surface area contributed by atoms with Crippen molar-refractivity contribution in [3.63, 3.8) is 0 Å². The number of rotatable bonds is 4. The quantitative estimate of drug-likeness (QED) is 0.882. The van der Waals surface area contributed by atoms with Gasteiger partial charge in [0.25, 0.3) is 5.56 Å². The second-order valence-corrected chi connectivity index (χ2v) is 6.28. The second kappa shape index (κ2) is 7.18. The lowest BCUT2D eigenvalue weighted by molar-refractivity contribution is 0.0107. The first kappa shape index (κ1) is 17.3. The molecule has 1 amide bonds. The Bertz CT molecular complexity index is 844. The molecule has 1 aliphatic carbocycles. The smallest absolute Gasteiger partial charge is 0.404 e. The summed E-state index contributed by atoms with van der Waals surface area (Å²) in [4.78, 5) is 26.5. The van der Waals surface area contributed by atoms with Crippen LogP contribution in [0.1, 0.15) is 31.2 Å². The van der Waals surface area contributed by atoms with E-state index >= 15 is 0 Å². The summed E-state index contributed by atoms with van der Waals surface area (Å²) in [5.41, 5.74) is 1.06. The van der Waals surface area contributed by atoms with Crippen molar-refractivity contribution in [3.05, 3.63) is 40.1 Å². The van der Waals surface area contributed by atoms with Gasteiger partial charge in [-0.15, -0.1) is 0 Å². The van der Waals surface area contributed by atoms with Gasteiger partial charge in [0, 0.05) is 24.7 Å². The van der Waals surface area contributed by atoms with Gasteiger partial charge in [-0.25, -0.2) is 9.18 Å². The monoisotopic (exact) mass is 349 g/mol. The number of ether oxygens (including phenoxy) is 1. The third kappa shape index (κ3) is 3.79. The van der Waals surface area contributed by atoms with Crippen LogP contribution in [0.25, 0.3) is 11.0 Å². The highest BCUT2D eigenvalue weighted by atomic mass is 19.1. The summed E-state index contributed by atoms with van der Waals surface area (Å²) in [5.74, 6) is -0.505. The van der Waals surface area contributed by atoms with Crippen LogP contribution in [0.2, 0.25) is 0 Å². The van der Waals surface area contributed by atoms with Crippen molar-refractivity contribution in [2.24, 2.45) is 7.05 Å². The summed E-state index contributed by atoms with van der Waals surface area (Å²) >= 11 is 0. The van der Waals surface area contributed by atoms with E-state index in [2.05, 4.69) is 10.3 Å². The lowest BCUT2D eigenvalue weighted by Crippen LogP contribution is -2.38. The summed E-state index contributed by atoms with van der Waals surface area (Å²) in [6.07, 6.45) is 2.84. The molecule has 0 aromatic carbocycles. The van der Waals surface area contributed by atoms with E-state index in [-0.39, 0.29) is 24.3 Å². The van der Waals surface area contributed by atoms with Crippen molar-refractivity contribution in [1.29, 1.82) is 0 Å². The number of carboxylic acid groups (broad SMARTS) is 1. The predicted octanol–water partition coefficient (Wildman–Crippen LogP) is 2.17. The Morgan fingerprint density at radius 3 is 2.80 bits per heavy atom. The maximum Gasteiger partial charge on any atom is 0.404 e. The average Bonchev–Trinajstić information content (AvgIpc) is 2.58. The Morgan fingerprint density at radius 2 is 2.12 bits per heavy atom. The number of aromatic nitrogens is 2. The molecule has 0 saturated heterocycles. The van der Waals surface area contributed by atoms with Crippen LogP contribution < -0.4 is 10.9 Å². The molecule has 25 heavy (non-hydrogen) atoms. The molecular weight excluding hydrogens is 329 g/mol. The molecule has 0 unspecified atom stereocenters. The number of aryl methyl sites for hydroxylation is 1. The van der Waals surface area contributed by atoms with Crippen molar-refractivity contribution in [3.8, 4) is 0 Å². The molecule has 1 saturated carbocycles. The van der Waals surface area contributed by atoms with Crippen LogP contribution in [0, 0.1) is 5.82 Å². The highest BCUT2D eigenvalue weighted by Gasteiger charge is 2.23. The molecule has 3 rings (SSSR count). The molecule has 1 aliphatic rings. The van der Waals surface area contributed by atoms with Crippen LogP contribution in [0.5, 0.6) is 0 Å². The molecule has 0 spiro atoms. The van der Waals surface area contributed by atoms with E-state index in [0.29, 0.717) is 42.3 Å². The van der Waals surface area contributed by atoms with E-state index < -0.39 is 11.9 Å². The fraction of sp³-hybridized carbons (Fsp3) is 0.471. The lowest BCUT2D eigenvalue weighted by atomic mass is 9.93. The first-order valence-electron chi connectivity index (χ1n) is 8.20. The SMILES string of the molecule is Cn1c(=O)ccc2ncc(F)c(COC3CCC(NC(=O)O)CC3)c21. The Balaban J connectivity index is 1.72. The molecule has 7 nitrogen and oxygen atoms in total. The standard InChI is InChI=1S/C17H20FN3O4/c1-21-15(22)7-6-14-16(21)12(13(18)8-19-14)9-25-11-4-2-10(3-5-11)20-17(23)24/h6-8,10-11,20H,2-5,9H2,1H3,(H,23,24). The zero-order valence-electron chi connectivity index (χ0n) is 13.9. The molecule has 0 aliphatic heterocycles. The molecule has 2 N–H and O–H groups in total. The number of nitrogens with zero attached hydrogens (tertiary/aromatic N) is 2. The van der Waals surface area contributed by atoms with E-state index in [4.69, 9.17) is 9.84 Å². The first-order chi connectivity index (χ1) is 12.0. The van der Waals surface area contributed by atoms with Crippen LogP contribution in [-0.2, 0) is 18.4 Å².